The molecule has 94 heavy (non-hydrogen) atoms. The lowest BCUT2D eigenvalue weighted by Gasteiger charge is -2.11. The maximum atomic E-state index is 11.0. The van der Waals surface area contributed by atoms with Gasteiger partial charge in [0, 0.05) is 16.2 Å². The highest BCUT2D eigenvalue weighted by atomic mass is 16.5. The van der Waals surface area contributed by atoms with Crippen molar-refractivity contribution in [1.29, 1.82) is 0 Å². The Labute approximate surface area is 551 Å². The van der Waals surface area contributed by atoms with Gasteiger partial charge in [-0.15, -0.1) is 0 Å². The second-order valence-electron chi connectivity index (χ2n) is 21.1. The minimum absolute atomic E-state index is 0. The molecule has 0 saturated heterocycles. The number of hydrogen-bond donors (Lipinski definition) is 3. The van der Waals surface area contributed by atoms with Crippen molar-refractivity contribution >= 4 is 62.8 Å². The van der Waals surface area contributed by atoms with Crippen LogP contribution >= 0.6 is 0 Å². The summed E-state index contributed by atoms with van der Waals surface area (Å²) in [6, 6.07) is 82.0. The van der Waals surface area contributed by atoms with Crippen molar-refractivity contribution in [2.24, 2.45) is 0 Å². The van der Waals surface area contributed by atoms with Crippen LogP contribution in [-0.2, 0) is 72.9 Å². The lowest BCUT2D eigenvalue weighted by molar-refractivity contribution is -0.137. The van der Waals surface area contributed by atoms with Gasteiger partial charge < -0.3 is 34.3 Å². The number of carbonyl (C=O) groups is 3. The molecule has 13 heteroatoms. The largest absolute Gasteiger partial charge is 0.489 e. The van der Waals surface area contributed by atoms with Gasteiger partial charge in [-0.05, 0) is 142 Å². The van der Waals surface area contributed by atoms with Crippen molar-refractivity contribution in [3.8, 4) is 23.0 Å². The fourth-order valence-electron chi connectivity index (χ4n) is 9.91. The molecular weight excluding hydrogens is 1170 g/mol. The zero-order valence-corrected chi connectivity index (χ0v) is 49.3. The highest BCUT2D eigenvalue weighted by Crippen LogP contribution is 2.24. The molecule has 3 heterocycles. The molecule has 0 saturated carbocycles. The number of rotatable bonds is 23. The fourth-order valence-corrected chi connectivity index (χ4v) is 9.91. The number of hydrogen-bond acceptors (Lipinski definition) is 10. The molecule has 0 aliphatic heterocycles. The first-order valence-corrected chi connectivity index (χ1v) is 29.4. The standard InChI is InChI=1S/C26H23NO3.C26H21NO3.C25H21NO4.4CH4/c2*28-26(29)17-22-7-2-1-5-20(22)12-9-19-10-15-24(16-11-19)30-18-23-14-13-21-6-3-4-8-25(21)27-23;27-25(28)15-19-6-1-2-7-20(19)16-29-22-11-13-23(14-12-22)30-17-21-10-9-18-5-3-4-8-24(18)26-21;;;;/h1-8,10-11,13-16H,9,12,17-18H2,(H,28,29);1-16H,17-18H2,(H,28,29);1-14H,15-17H2,(H,27,28);4*1H4/b;12-9+;;;;;. The highest BCUT2D eigenvalue weighted by Gasteiger charge is 2.11. The molecule has 12 rings (SSSR count). The Kier molecular flexibility index (Phi) is 27.8. The molecular formula is C81H81N3O10. The molecule has 0 fully saturated rings. The summed E-state index contributed by atoms with van der Waals surface area (Å²) >= 11 is 0. The summed E-state index contributed by atoms with van der Waals surface area (Å²) in [6.07, 6.45) is 5.62. The van der Waals surface area contributed by atoms with E-state index in [1.807, 2.05) is 243 Å². The molecule has 12 aromatic rings. The first-order valence-electron chi connectivity index (χ1n) is 29.4. The number of benzene rings is 9. The number of pyridine rings is 3. The number of aryl methyl sites for hydroxylation is 2. The van der Waals surface area contributed by atoms with E-state index in [4.69, 9.17) is 34.3 Å². The maximum absolute atomic E-state index is 11.0. The van der Waals surface area contributed by atoms with Crippen LogP contribution < -0.4 is 18.9 Å². The number of aromatic nitrogens is 3. The van der Waals surface area contributed by atoms with E-state index in [2.05, 4.69) is 39.2 Å². The Morgan fingerprint density at radius 1 is 0.309 bits per heavy atom. The second kappa shape index (κ2) is 36.4. The minimum atomic E-state index is -0.857. The van der Waals surface area contributed by atoms with Gasteiger partial charge in [-0.3, -0.25) is 14.4 Å². The maximum Gasteiger partial charge on any atom is 0.307 e. The van der Waals surface area contributed by atoms with E-state index in [-0.39, 0.29) is 49.0 Å². The van der Waals surface area contributed by atoms with Crippen LogP contribution in [0, 0.1) is 0 Å². The molecule has 3 aromatic heterocycles. The van der Waals surface area contributed by atoms with Gasteiger partial charge in [-0.1, -0.05) is 212 Å². The first-order chi connectivity index (χ1) is 44.0. The third kappa shape index (κ3) is 21.6. The molecule has 0 aliphatic carbocycles. The Bertz CT molecular complexity index is 4210. The van der Waals surface area contributed by atoms with Crippen LogP contribution in [0.2, 0.25) is 0 Å². The number of nitrogens with zero attached hydrogens (tertiary/aromatic N) is 3. The monoisotopic (exact) mass is 1260 g/mol. The van der Waals surface area contributed by atoms with Gasteiger partial charge in [0.15, 0.2) is 0 Å². The van der Waals surface area contributed by atoms with E-state index in [1.165, 1.54) is 5.56 Å². The van der Waals surface area contributed by atoms with Crippen LogP contribution in [0.25, 0.3) is 44.9 Å². The van der Waals surface area contributed by atoms with E-state index in [1.54, 1.807) is 0 Å². The summed E-state index contributed by atoms with van der Waals surface area (Å²) in [4.78, 5) is 46.9. The van der Waals surface area contributed by atoms with Crippen molar-refractivity contribution < 1.29 is 48.7 Å². The van der Waals surface area contributed by atoms with E-state index in [0.29, 0.717) is 32.2 Å². The average molecular weight is 1260 g/mol. The summed E-state index contributed by atoms with van der Waals surface area (Å²) in [5, 5.41) is 30.5. The van der Waals surface area contributed by atoms with E-state index < -0.39 is 17.9 Å². The summed E-state index contributed by atoms with van der Waals surface area (Å²) in [5.41, 5.74) is 13.0. The highest BCUT2D eigenvalue weighted by molar-refractivity contribution is 5.80. The number of para-hydroxylation sites is 3. The zero-order chi connectivity index (χ0) is 62.3. The van der Waals surface area contributed by atoms with Gasteiger partial charge in [-0.2, -0.15) is 0 Å². The van der Waals surface area contributed by atoms with E-state index in [9.17, 15) is 14.4 Å². The van der Waals surface area contributed by atoms with Gasteiger partial charge in [0.2, 0.25) is 0 Å². The Hall–Kier alpha value is -11.4. The van der Waals surface area contributed by atoms with Crippen LogP contribution in [0.4, 0.5) is 0 Å². The number of fused-ring (bicyclic) bond motifs is 3. The summed E-state index contributed by atoms with van der Waals surface area (Å²) in [7, 11) is 0. The topological polar surface area (TPSA) is 187 Å². The Balaban J connectivity index is 0.000000219. The third-order valence-corrected chi connectivity index (χ3v) is 14.6. The molecule has 0 aliphatic rings. The molecule has 0 bridgehead atoms. The quantitative estimate of drug-likeness (QED) is 0.0514. The molecule has 9 aromatic carbocycles. The van der Waals surface area contributed by atoms with Gasteiger partial charge in [0.05, 0.1) is 52.9 Å². The van der Waals surface area contributed by atoms with Crippen LogP contribution in [0.5, 0.6) is 23.0 Å². The molecule has 0 radical (unpaired) electrons. The number of carboxylic acid groups (broad SMARTS) is 3. The van der Waals surface area contributed by atoms with Crippen molar-refractivity contribution in [3.63, 3.8) is 0 Å². The molecule has 0 amide bonds. The number of carboxylic acids is 3. The van der Waals surface area contributed by atoms with Crippen LogP contribution in [0.1, 0.15) is 91.3 Å². The molecule has 13 nitrogen and oxygen atoms in total. The lowest BCUT2D eigenvalue weighted by Crippen LogP contribution is -2.05. The van der Waals surface area contributed by atoms with Crippen LogP contribution in [0.3, 0.4) is 0 Å². The first kappa shape index (κ1) is 71.6. The SMILES string of the molecule is C.C.C.C.O=C(O)Cc1ccccc1/C=C/c1ccc(OCc2ccc3ccccc3n2)cc1.O=C(O)Cc1ccccc1CCc1ccc(OCc2ccc3ccccc3n2)cc1.O=C(O)Cc1ccccc1COc1ccc(OCc2ccc3ccccc3n2)cc1. The Morgan fingerprint density at radius 2 is 0.638 bits per heavy atom. The second-order valence-corrected chi connectivity index (χ2v) is 21.1. The van der Waals surface area contributed by atoms with Crippen LogP contribution in [0.15, 0.2) is 255 Å². The Morgan fingerprint density at radius 3 is 1.07 bits per heavy atom. The molecule has 3 N–H and O–H groups in total. The molecule has 0 atom stereocenters. The van der Waals surface area contributed by atoms with E-state index >= 15 is 0 Å². The summed E-state index contributed by atoms with van der Waals surface area (Å²) in [5.74, 6) is 0.501. The van der Waals surface area contributed by atoms with Gasteiger partial charge in [0.25, 0.3) is 0 Å². The lowest BCUT2D eigenvalue weighted by atomic mass is 9.98. The fraction of sp³-hybridized carbons (Fsp3) is 0.160. The average Bonchev–Trinajstić information content (AvgIpc) is 1.00. The number of ether oxygens (including phenoxy) is 4. The van der Waals surface area contributed by atoms with Crippen molar-refractivity contribution in [1.82, 2.24) is 15.0 Å². The van der Waals surface area contributed by atoms with Gasteiger partial charge in [-0.25, -0.2) is 15.0 Å². The normalized spacial score (nSPS) is 10.4. The van der Waals surface area contributed by atoms with Crippen LogP contribution in [-0.4, -0.2) is 48.2 Å². The smallest absolute Gasteiger partial charge is 0.307 e. The van der Waals surface area contributed by atoms with Gasteiger partial charge in [0.1, 0.15) is 49.4 Å². The van der Waals surface area contributed by atoms with E-state index in [0.717, 1.165) is 119 Å². The molecule has 480 valence electrons. The molecule has 0 unspecified atom stereocenters. The minimum Gasteiger partial charge on any atom is -0.489 e. The van der Waals surface area contributed by atoms with Crippen molar-refractivity contribution in [2.75, 3.05) is 0 Å². The zero-order valence-electron chi connectivity index (χ0n) is 49.3. The predicted molar refractivity (Wildman–Crippen MR) is 378 cm³/mol. The summed E-state index contributed by atoms with van der Waals surface area (Å²) in [6.45, 7) is 1.52. The molecule has 0 spiro atoms. The van der Waals surface area contributed by atoms with Gasteiger partial charge >= 0.3 is 17.9 Å². The van der Waals surface area contributed by atoms with Crippen molar-refractivity contribution in [3.05, 3.63) is 316 Å². The summed E-state index contributed by atoms with van der Waals surface area (Å²) < 4.78 is 23.4. The van der Waals surface area contributed by atoms with Crippen molar-refractivity contribution in [2.45, 2.75) is 88.2 Å². The third-order valence-electron chi connectivity index (χ3n) is 14.6. The predicted octanol–water partition coefficient (Wildman–Crippen LogP) is 18.4. The number of aliphatic carboxylic acids is 3.